The van der Waals surface area contributed by atoms with E-state index < -0.39 is 26.4 Å². The van der Waals surface area contributed by atoms with Gasteiger partial charge in [0.1, 0.15) is 0 Å². The van der Waals surface area contributed by atoms with Gasteiger partial charge in [-0.05, 0) is 32.1 Å². The number of imide groups is 1. The number of hydrogen-bond donors (Lipinski definition) is 1. The summed E-state index contributed by atoms with van der Waals surface area (Å²) >= 11 is 0. The van der Waals surface area contributed by atoms with Gasteiger partial charge in [0.05, 0.1) is 6.61 Å². The van der Waals surface area contributed by atoms with Gasteiger partial charge in [0.25, 0.3) is 0 Å². The first-order valence-electron chi connectivity index (χ1n) is 11.1. The molecule has 3 unspecified atom stereocenters. The molecular weight excluding hydrogens is 486 g/mol. The number of amides is 3. The molecule has 0 aromatic heterocycles. The monoisotopic (exact) mass is 526 g/mol. The van der Waals surface area contributed by atoms with Gasteiger partial charge in [0, 0.05) is 51.2 Å². The van der Waals surface area contributed by atoms with Crippen molar-refractivity contribution in [3.8, 4) is 0 Å². The highest BCUT2D eigenvalue weighted by Crippen LogP contribution is 2.62. The minimum Gasteiger partial charge on any atom is -0.353 e. The summed E-state index contributed by atoms with van der Waals surface area (Å²) in [4.78, 5) is 39.9. The molecule has 3 amide bonds. The molecule has 0 saturated carbocycles. The topological polar surface area (TPSA) is 138 Å². The second kappa shape index (κ2) is 11.3. The first-order chi connectivity index (χ1) is 15.4. The van der Waals surface area contributed by atoms with Crippen molar-refractivity contribution in [1.82, 2.24) is 10.2 Å². The van der Waals surface area contributed by atoms with Gasteiger partial charge in [-0.25, -0.2) is 8.88 Å². The van der Waals surface area contributed by atoms with Crippen LogP contribution in [-0.4, -0.2) is 62.2 Å². The Labute approximate surface area is 202 Å². The summed E-state index contributed by atoms with van der Waals surface area (Å²) in [6, 6.07) is 0. The van der Waals surface area contributed by atoms with Crippen LogP contribution in [0, 0.1) is 10.8 Å². The van der Waals surface area contributed by atoms with Gasteiger partial charge in [-0.1, -0.05) is 27.7 Å². The third-order valence-electron chi connectivity index (χ3n) is 5.96. The first-order valence-corrected chi connectivity index (χ1v) is 14.6. The Morgan fingerprint density at radius 1 is 1.09 bits per heavy atom. The van der Waals surface area contributed by atoms with Crippen LogP contribution in [0.1, 0.15) is 67.2 Å². The van der Waals surface area contributed by atoms with Crippen LogP contribution in [0.3, 0.4) is 0 Å². The van der Waals surface area contributed by atoms with Gasteiger partial charge < -0.3 is 9.84 Å². The summed E-state index contributed by atoms with van der Waals surface area (Å²) in [6.07, 6.45) is 1.25. The molecule has 0 aromatic rings. The van der Waals surface area contributed by atoms with Gasteiger partial charge in [-0.15, -0.1) is 0 Å². The molecule has 0 bridgehead atoms. The van der Waals surface area contributed by atoms with Crippen LogP contribution in [0.15, 0.2) is 0 Å². The minimum absolute atomic E-state index is 0.0255. The zero-order valence-corrected chi connectivity index (χ0v) is 23.5. The molecule has 11 nitrogen and oxygen atoms in total. The predicted octanol–water partition coefficient (Wildman–Crippen LogP) is 4.12. The first kappa shape index (κ1) is 30.9. The summed E-state index contributed by atoms with van der Waals surface area (Å²) < 4.78 is 43.6. The third kappa shape index (κ3) is 8.25. The predicted molar refractivity (Wildman–Crippen MR) is 127 cm³/mol. The molecule has 1 rings (SSSR count). The second-order valence-corrected chi connectivity index (χ2v) is 14.4. The second-order valence-electron chi connectivity index (χ2n) is 10.3. The summed E-state index contributed by atoms with van der Waals surface area (Å²) in [5, 5.41) is 2.72. The lowest BCUT2D eigenvalue weighted by Crippen LogP contribution is -2.58. The molecule has 1 heterocycles. The van der Waals surface area contributed by atoms with E-state index in [1.165, 1.54) is 4.90 Å². The van der Waals surface area contributed by atoms with Crippen molar-refractivity contribution in [1.29, 1.82) is 0 Å². The summed E-state index contributed by atoms with van der Waals surface area (Å²) in [6.45, 7) is 11.8. The largest absolute Gasteiger partial charge is 0.481 e. The van der Waals surface area contributed by atoms with Crippen molar-refractivity contribution < 1.29 is 41.4 Å². The number of hydrogen-bond acceptors (Lipinski definition) is 9. The maximum atomic E-state index is 13.0. The molecule has 0 aliphatic carbocycles. The van der Waals surface area contributed by atoms with Gasteiger partial charge in [0.15, 0.2) is 0 Å². The molecule has 34 heavy (non-hydrogen) atoms. The molecule has 0 aromatic carbocycles. The highest BCUT2D eigenvalue weighted by atomic mass is 31.3. The van der Waals surface area contributed by atoms with Crippen LogP contribution >= 0.6 is 15.4 Å². The Balaban J connectivity index is 2.80. The average Bonchev–Trinajstić information content (AvgIpc) is 2.68. The zero-order chi connectivity index (χ0) is 26.6. The summed E-state index contributed by atoms with van der Waals surface area (Å²) in [5.41, 5.74) is -2.15. The molecule has 198 valence electrons. The molecule has 1 N–H and O–H groups in total. The average molecular weight is 527 g/mol. The number of nitrogens with zero attached hydrogens (tertiary/aromatic N) is 1. The number of nitrogens with one attached hydrogen (secondary N) is 1. The van der Waals surface area contributed by atoms with Crippen molar-refractivity contribution in [2.24, 2.45) is 10.8 Å². The summed E-state index contributed by atoms with van der Waals surface area (Å²) in [5.74, 6) is -0.786. The lowest BCUT2D eigenvalue weighted by Gasteiger charge is -2.46. The Kier molecular flexibility index (Phi) is 10.3. The molecule has 0 radical (unpaired) electrons. The van der Waals surface area contributed by atoms with Crippen LogP contribution in [-0.2, 0) is 41.4 Å². The van der Waals surface area contributed by atoms with E-state index in [4.69, 9.17) is 13.4 Å². The van der Waals surface area contributed by atoms with Crippen molar-refractivity contribution in [3.63, 3.8) is 0 Å². The van der Waals surface area contributed by atoms with E-state index in [1.807, 2.05) is 20.8 Å². The quantitative estimate of drug-likeness (QED) is 0.213. The van der Waals surface area contributed by atoms with Crippen LogP contribution in [0.25, 0.3) is 0 Å². The molecule has 1 aliphatic rings. The lowest BCUT2D eigenvalue weighted by molar-refractivity contribution is -0.161. The number of rotatable bonds is 13. The highest BCUT2D eigenvalue weighted by molar-refractivity contribution is 7.64. The molecule has 1 fully saturated rings. The van der Waals surface area contributed by atoms with E-state index in [9.17, 15) is 23.5 Å². The van der Waals surface area contributed by atoms with Crippen LogP contribution in [0.4, 0.5) is 0 Å². The van der Waals surface area contributed by atoms with Crippen molar-refractivity contribution >= 4 is 33.1 Å². The minimum atomic E-state index is -4.14. The Bertz CT molecular complexity index is 854. The molecular formula is C21H40N2O9P2. The maximum Gasteiger partial charge on any atom is 0.481 e. The van der Waals surface area contributed by atoms with Crippen molar-refractivity contribution in [2.45, 2.75) is 72.8 Å². The highest BCUT2D eigenvalue weighted by Gasteiger charge is 2.47. The van der Waals surface area contributed by atoms with Crippen LogP contribution < -0.4 is 5.32 Å². The fraction of sp³-hybridized carbons (Fsp3) is 0.857. The fourth-order valence-electron chi connectivity index (χ4n) is 4.11. The number of phosphoric ester groups is 1. The number of likely N-dealkylation sites (tertiary alicyclic amines) is 1. The van der Waals surface area contributed by atoms with Crippen molar-refractivity contribution in [3.05, 3.63) is 0 Å². The van der Waals surface area contributed by atoms with E-state index >= 15 is 0 Å². The molecule has 1 saturated heterocycles. The van der Waals surface area contributed by atoms with E-state index in [1.54, 1.807) is 20.8 Å². The van der Waals surface area contributed by atoms with E-state index in [0.717, 1.165) is 20.9 Å². The Hall–Kier alpha value is -1.09. The zero-order valence-electron chi connectivity index (χ0n) is 21.8. The molecule has 0 spiro atoms. The third-order valence-corrected chi connectivity index (χ3v) is 9.55. The maximum absolute atomic E-state index is 13.0. The number of carbonyl (C=O) groups is 3. The van der Waals surface area contributed by atoms with Crippen LogP contribution in [0.2, 0.25) is 0 Å². The number of carbonyl (C=O) groups excluding carboxylic acids is 3. The smallest absolute Gasteiger partial charge is 0.353 e. The number of phosphoric acid groups is 1. The normalized spacial score (nSPS) is 22.0. The molecule has 3 atom stereocenters. The summed E-state index contributed by atoms with van der Waals surface area (Å²) in [7, 11) is -5.55. The Morgan fingerprint density at radius 3 is 2.06 bits per heavy atom. The Morgan fingerprint density at radius 2 is 1.62 bits per heavy atom. The van der Waals surface area contributed by atoms with Gasteiger partial charge in [-0.2, -0.15) is 0 Å². The number of piperidine rings is 1. The van der Waals surface area contributed by atoms with Gasteiger partial charge >= 0.3 is 15.4 Å². The fourth-order valence-corrected chi connectivity index (χ4v) is 6.71. The molecule has 1 aliphatic heterocycles. The standard InChI is InChI=1S/C21H40N2O9P2/c1-10-21(6,15-20(4,5)23-16(24)13-19(2,3)14-17(23)25)18(26)22-11-12-31-34(28,30-8)32-33(9,27)29-7/h10-15H2,1-9H3,(H,22,26). The molecule has 13 heteroatoms. The van der Waals surface area contributed by atoms with Crippen LogP contribution in [0.5, 0.6) is 0 Å². The van der Waals surface area contributed by atoms with Crippen molar-refractivity contribution in [2.75, 3.05) is 34.0 Å². The van der Waals surface area contributed by atoms with E-state index in [0.29, 0.717) is 6.42 Å². The van der Waals surface area contributed by atoms with Gasteiger partial charge in [-0.3, -0.25) is 32.9 Å². The van der Waals surface area contributed by atoms with E-state index in [2.05, 4.69) is 9.84 Å². The van der Waals surface area contributed by atoms with Gasteiger partial charge in [0.2, 0.25) is 17.7 Å². The van der Waals surface area contributed by atoms with E-state index in [-0.39, 0.29) is 55.6 Å². The SMILES string of the molecule is CCC(C)(CC(C)(C)N1C(=O)CC(C)(C)CC1=O)C(=O)NCCOP(=O)(OC)OP(C)(=O)OC. The lowest BCUT2D eigenvalue weighted by atomic mass is 9.73.